The molecule has 0 radical (unpaired) electrons. The van der Waals surface area contributed by atoms with Crippen molar-refractivity contribution in [3.05, 3.63) is 0 Å². The second-order valence-corrected chi connectivity index (χ2v) is 5.58. The van der Waals surface area contributed by atoms with Crippen molar-refractivity contribution in [2.45, 2.75) is 51.5 Å². The number of nitrogens with two attached hydrogens (primary N) is 1. The third-order valence-corrected chi connectivity index (χ3v) is 4.52. The normalized spacial score (nSPS) is 31.1. The topological polar surface area (TPSA) is 55.1 Å². The van der Waals surface area contributed by atoms with Gasteiger partial charge >= 0.3 is 0 Å². The molecule has 0 heterocycles. The number of nitrogens with one attached hydrogen (secondary N) is 1. The molecule has 0 aromatic heterocycles. The van der Waals surface area contributed by atoms with Gasteiger partial charge in [0.15, 0.2) is 0 Å². The van der Waals surface area contributed by atoms with Crippen LogP contribution >= 0.6 is 12.2 Å². The van der Waals surface area contributed by atoms with Gasteiger partial charge < -0.3 is 11.1 Å². The van der Waals surface area contributed by atoms with Gasteiger partial charge in [-0.25, -0.2) is 0 Å². The van der Waals surface area contributed by atoms with Gasteiger partial charge in [-0.15, -0.1) is 0 Å². The lowest BCUT2D eigenvalue weighted by atomic mass is 9.85. The molecular weight excluding hydrogens is 220 g/mol. The summed E-state index contributed by atoms with van der Waals surface area (Å²) in [4.78, 5) is 12.6. The molecule has 0 spiro atoms. The number of carbonyl (C=O) groups is 1. The molecule has 90 valence electrons. The van der Waals surface area contributed by atoms with Crippen molar-refractivity contribution in [1.29, 1.82) is 0 Å². The van der Waals surface area contributed by atoms with Crippen molar-refractivity contribution in [3.8, 4) is 0 Å². The van der Waals surface area contributed by atoms with Crippen LogP contribution in [0.5, 0.6) is 0 Å². The Balaban J connectivity index is 1.99. The third kappa shape index (κ3) is 1.95. The molecule has 2 aliphatic rings. The number of thiocarbonyl (C=S) groups is 1. The molecule has 0 bridgehead atoms. The van der Waals surface area contributed by atoms with Crippen LogP contribution in [0.25, 0.3) is 0 Å². The highest BCUT2D eigenvalue weighted by Crippen LogP contribution is 2.40. The molecule has 2 rings (SSSR count). The quantitative estimate of drug-likeness (QED) is 0.736. The van der Waals surface area contributed by atoms with Gasteiger partial charge in [0.05, 0.1) is 10.4 Å². The zero-order chi connectivity index (χ0) is 11.8. The predicted molar refractivity (Wildman–Crippen MR) is 68.0 cm³/mol. The molecule has 2 saturated carbocycles. The van der Waals surface area contributed by atoms with Crippen LogP contribution < -0.4 is 11.1 Å². The Labute approximate surface area is 102 Å². The lowest BCUT2D eigenvalue weighted by Crippen LogP contribution is -2.48. The zero-order valence-electron chi connectivity index (χ0n) is 9.79. The lowest BCUT2D eigenvalue weighted by molar-refractivity contribution is -0.127. The molecule has 4 heteroatoms. The van der Waals surface area contributed by atoms with Crippen LogP contribution in [0.3, 0.4) is 0 Å². The van der Waals surface area contributed by atoms with Crippen LogP contribution in [-0.4, -0.2) is 16.9 Å². The molecule has 0 aliphatic heterocycles. The average Bonchev–Trinajstić information content (AvgIpc) is 2.80. The van der Waals surface area contributed by atoms with Crippen molar-refractivity contribution in [3.63, 3.8) is 0 Å². The molecule has 2 atom stereocenters. The van der Waals surface area contributed by atoms with E-state index in [0.717, 1.165) is 38.5 Å². The average molecular weight is 240 g/mol. The van der Waals surface area contributed by atoms with Crippen LogP contribution in [-0.2, 0) is 4.79 Å². The largest absolute Gasteiger partial charge is 0.392 e. The highest BCUT2D eigenvalue weighted by molar-refractivity contribution is 7.80. The molecule has 16 heavy (non-hydrogen) atoms. The first-order valence-electron chi connectivity index (χ1n) is 6.21. The molecule has 3 N–H and O–H groups in total. The molecule has 0 aromatic rings. The highest BCUT2D eigenvalue weighted by atomic mass is 32.1. The predicted octanol–water partition coefficient (Wildman–Crippen LogP) is 1.75. The van der Waals surface area contributed by atoms with E-state index in [0.29, 0.717) is 16.9 Å². The van der Waals surface area contributed by atoms with E-state index in [-0.39, 0.29) is 5.91 Å². The molecular formula is C12H20N2OS. The van der Waals surface area contributed by atoms with Crippen molar-refractivity contribution in [1.82, 2.24) is 5.32 Å². The molecule has 1 amide bonds. The number of hydrogen-bond donors (Lipinski definition) is 2. The van der Waals surface area contributed by atoms with Gasteiger partial charge in [-0.3, -0.25) is 4.79 Å². The van der Waals surface area contributed by atoms with E-state index < -0.39 is 5.41 Å². The summed E-state index contributed by atoms with van der Waals surface area (Å²) in [5.41, 5.74) is 5.24. The summed E-state index contributed by atoms with van der Waals surface area (Å²) in [6.45, 7) is 2.16. The third-order valence-electron chi connectivity index (χ3n) is 4.13. The van der Waals surface area contributed by atoms with Gasteiger partial charge in [0.25, 0.3) is 0 Å². The highest BCUT2D eigenvalue weighted by Gasteiger charge is 2.47. The van der Waals surface area contributed by atoms with E-state index in [2.05, 4.69) is 12.2 Å². The Morgan fingerprint density at radius 3 is 2.56 bits per heavy atom. The summed E-state index contributed by atoms with van der Waals surface area (Å²) in [5, 5.41) is 3.11. The molecule has 2 unspecified atom stereocenters. The van der Waals surface area contributed by atoms with Crippen LogP contribution in [0.4, 0.5) is 0 Å². The summed E-state index contributed by atoms with van der Waals surface area (Å²) in [5.74, 6) is 0.757. The van der Waals surface area contributed by atoms with Gasteiger partial charge in [0.2, 0.25) is 5.91 Å². The molecule has 0 aromatic carbocycles. The first-order valence-corrected chi connectivity index (χ1v) is 6.62. The fraction of sp³-hybridized carbons (Fsp3) is 0.833. The fourth-order valence-corrected chi connectivity index (χ4v) is 3.04. The number of amides is 1. The Morgan fingerprint density at radius 2 is 2.12 bits per heavy atom. The van der Waals surface area contributed by atoms with Gasteiger partial charge in [0, 0.05) is 6.04 Å². The van der Waals surface area contributed by atoms with Crippen LogP contribution in [0.2, 0.25) is 0 Å². The van der Waals surface area contributed by atoms with E-state index in [1.807, 2.05) is 0 Å². The van der Waals surface area contributed by atoms with Crippen molar-refractivity contribution >= 4 is 23.1 Å². The second kappa shape index (κ2) is 4.32. The van der Waals surface area contributed by atoms with Crippen LogP contribution in [0.1, 0.15) is 45.4 Å². The monoisotopic (exact) mass is 240 g/mol. The van der Waals surface area contributed by atoms with Gasteiger partial charge in [-0.2, -0.15) is 0 Å². The van der Waals surface area contributed by atoms with Gasteiger partial charge in [0.1, 0.15) is 0 Å². The SMILES string of the molecule is CCC1CC1NC(=O)C1(C(N)=S)CCCC1. The van der Waals surface area contributed by atoms with Crippen LogP contribution in [0, 0.1) is 11.3 Å². The first-order chi connectivity index (χ1) is 7.60. The molecule has 2 fully saturated rings. The van der Waals surface area contributed by atoms with E-state index in [9.17, 15) is 4.79 Å². The minimum atomic E-state index is -0.532. The minimum absolute atomic E-state index is 0.0819. The number of hydrogen-bond acceptors (Lipinski definition) is 2. The first kappa shape index (κ1) is 11.8. The smallest absolute Gasteiger partial charge is 0.233 e. The second-order valence-electron chi connectivity index (χ2n) is 5.14. The van der Waals surface area contributed by atoms with Crippen molar-refractivity contribution in [2.24, 2.45) is 17.1 Å². The van der Waals surface area contributed by atoms with Gasteiger partial charge in [-0.05, 0) is 25.2 Å². The maximum absolute atomic E-state index is 12.2. The summed E-state index contributed by atoms with van der Waals surface area (Å²) in [7, 11) is 0. The fourth-order valence-electron chi connectivity index (χ4n) is 2.75. The van der Waals surface area contributed by atoms with E-state index in [1.54, 1.807) is 0 Å². The number of carbonyl (C=O) groups excluding carboxylic acids is 1. The number of rotatable bonds is 4. The standard InChI is InChI=1S/C12H20N2OS/c1-2-8-7-9(8)14-11(15)12(10(13)16)5-3-4-6-12/h8-9H,2-7H2,1H3,(H2,13,16)(H,14,15). The lowest BCUT2D eigenvalue weighted by Gasteiger charge is -2.26. The zero-order valence-corrected chi connectivity index (χ0v) is 10.6. The molecule has 0 saturated heterocycles. The van der Waals surface area contributed by atoms with Crippen molar-refractivity contribution < 1.29 is 4.79 Å². The molecule has 2 aliphatic carbocycles. The molecule has 3 nitrogen and oxygen atoms in total. The summed E-state index contributed by atoms with van der Waals surface area (Å²) < 4.78 is 0. The van der Waals surface area contributed by atoms with Gasteiger partial charge in [-0.1, -0.05) is 38.4 Å². The Bertz CT molecular complexity index is 310. The summed E-state index contributed by atoms with van der Waals surface area (Å²) in [6, 6.07) is 0.379. The van der Waals surface area contributed by atoms with Crippen LogP contribution in [0.15, 0.2) is 0 Å². The summed E-state index contributed by atoms with van der Waals surface area (Å²) >= 11 is 5.09. The Kier molecular flexibility index (Phi) is 3.19. The van der Waals surface area contributed by atoms with E-state index in [4.69, 9.17) is 18.0 Å². The van der Waals surface area contributed by atoms with E-state index in [1.165, 1.54) is 0 Å². The Morgan fingerprint density at radius 1 is 1.50 bits per heavy atom. The van der Waals surface area contributed by atoms with Crippen molar-refractivity contribution in [2.75, 3.05) is 0 Å². The Hall–Kier alpha value is -0.640. The maximum atomic E-state index is 12.2. The minimum Gasteiger partial charge on any atom is -0.392 e. The maximum Gasteiger partial charge on any atom is 0.233 e. The van der Waals surface area contributed by atoms with E-state index >= 15 is 0 Å². The summed E-state index contributed by atoms with van der Waals surface area (Å²) in [6.07, 6.45) is 6.05.